The summed E-state index contributed by atoms with van der Waals surface area (Å²) in [6, 6.07) is 14.4. The number of unbranched alkanes of at least 4 members (excludes halogenated alkanes) is 1. The van der Waals surface area contributed by atoms with E-state index in [9.17, 15) is 4.79 Å². The summed E-state index contributed by atoms with van der Waals surface area (Å²) in [7, 11) is 0. The lowest BCUT2D eigenvalue weighted by Gasteiger charge is -2.07. The molecule has 0 aliphatic rings. The molecule has 0 bridgehead atoms. The van der Waals surface area contributed by atoms with Crippen molar-refractivity contribution in [3.8, 4) is 11.5 Å². The monoisotopic (exact) mass is 284 g/mol. The minimum absolute atomic E-state index is 0.352. The fraction of sp³-hybridized carbons (Fsp3) is 0.278. The SMILES string of the molecule is CCCCOc1ccc(OC(=O)c2ccc(C)cc2)cc1. The van der Waals surface area contributed by atoms with Crippen LogP contribution in [0.15, 0.2) is 48.5 Å². The zero-order valence-electron chi connectivity index (χ0n) is 12.5. The Morgan fingerprint density at radius 2 is 1.57 bits per heavy atom. The number of hydrogen-bond acceptors (Lipinski definition) is 3. The normalized spacial score (nSPS) is 10.2. The third kappa shape index (κ3) is 4.63. The van der Waals surface area contributed by atoms with Crippen molar-refractivity contribution in [1.82, 2.24) is 0 Å². The first-order chi connectivity index (χ1) is 10.2. The van der Waals surface area contributed by atoms with Crippen LogP contribution in [0, 0.1) is 6.92 Å². The van der Waals surface area contributed by atoms with E-state index in [1.54, 1.807) is 24.3 Å². The van der Waals surface area contributed by atoms with Crippen LogP contribution in [0.25, 0.3) is 0 Å². The molecule has 0 N–H and O–H groups in total. The van der Waals surface area contributed by atoms with Crippen LogP contribution in [-0.2, 0) is 0 Å². The molecule has 0 heterocycles. The standard InChI is InChI=1S/C18H20O3/c1-3-4-13-20-16-9-11-17(12-10-16)21-18(19)15-7-5-14(2)6-8-15/h5-12H,3-4,13H2,1-2H3. The summed E-state index contributed by atoms with van der Waals surface area (Å²) < 4.78 is 10.9. The number of aryl methyl sites for hydroxylation is 1. The summed E-state index contributed by atoms with van der Waals surface area (Å²) in [4.78, 5) is 12.0. The number of carbonyl (C=O) groups is 1. The maximum Gasteiger partial charge on any atom is 0.343 e. The van der Waals surface area contributed by atoms with E-state index >= 15 is 0 Å². The van der Waals surface area contributed by atoms with Crippen LogP contribution in [0.5, 0.6) is 11.5 Å². The largest absolute Gasteiger partial charge is 0.494 e. The molecule has 21 heavy (non-hydrogen) atoms. The topological polar surface area (TPSA) is 35.5 Å². The third-order valence-corrected chi connectivity index (χ3v) is 3.09. The lowest BCUT2D eigenvalue weighted by Crippen LogP contribution is -2.08. The van der Waals surface area contributed by atoms with Crippen molar-refractivity contribution in [1.29, 1.82) is 0 Å². The second-order valence-electron chi connectivity index (χ2n) is 4.93. The molecule has 0 unspecified atom stereocenters. The van der Waals surface area contributed by atoms with Gasteiger partial charge in [-0.1, -0.05) is 31.0 Å². The molecule has 110 valence electrons. The Morgan fingerprint density at radius 3 is 2.19 bits per heavy atom. The van der Waals surface area contributed by atoms with Gasteiger partial charge in [-0.05, 0) is 49.7 Å². The van der Waals surface area contributed by atoms with Crippen molar-refractivity contribution in [2.24, 2.45) is 0 Å². The highest BCUT2D eigenvalue weighted by molar-refractivity contribution is 5.91. The molecule has 2 rings (SSSR count). The van der Waals surface area contributed by atoms with Crippen molar-refractivity contribution >= 4 is 5.97 Å². The molecule has 3 nitrogen and oxygen atoms in total. The Bertz CT molecular complexity index is 570. The molecule has 0 amide bonds. The minimum Gasteiger partial charge on any atom is -0.494 e. The third-order valence-electron chi connectivity index (χ3n) is 3.09. The Balaban J connectivity index is 1.93. The highest BCUT2D eigenvalue weighted by atomic mass is 16.5. The number of hydrogen-bond donors (Lipinski definition) is 0. The highest BCUT2D eigenvalue weighted by Gasteiger charge is 2.08. The molecule has 0 radical (unpaired) electrons. The molecule has 3 heteroatoms. The summed E-state index contributed by atoms with van der Waals surface area (Å²) in [6.07, 6.45) is 2.14. The van der Waals surface area contributed by atoms with E-state index in [0.29, 0.717) is 17.9 Å². The summed E-state index contributed by atoms with van der Waals surface area (Å²) in [6.45, 7) is 4.81. The van der Waals surface area contributed by atoms with E-state index in [4.69, 9.17) is 9.47 Å². The molecule has 0 aliphatic heterocycles. The maximum absolute atomic E-state index is 12.0. The van der Waals surface area contributed by atoms with Crippen LogP contribution < -0.4 is 9.47 Å². The molecule has 0 saturated heterocycles. The molecule has 0 aliphatic carbocycles. The fourth-order valence-corrected chi connectivity index (χ4v) is 1.79. The number of carbonyl (C=O) groups excluding carboxylic acids is 1. The lowest BCUT2D eigenvalue weighted by atomic mass is 10.1. The zero-order valence-corrected chi connectivity index (χ0v) is 12.5. The average Bonchev–Trinajstić information content (AvgIpc) is 2.50. The summed E-state index contributed by atoms with van der Waals surface area (Å²) in [5.74, 6) is 0.955. The van der Waals surface area contributed by atoms with Gasteiger partial charge in [-0.2, -0.15) is 0 Å². The fourth-order valence-electron chi connectivity index (χ4n) is 1.79. The van der Waals surface area contributed by atoms with Gasteiger partial charge in [0.25, 0.3) is 0 Å². The van der Waals surface area contributed by atoms with E-state index in [2.05, 4.69) is 6.92 Å². The van der Waals surface area contributed by atoms with Gasteiger partial charge < -0.3 is 9.47 Å². The quantitative estimate of drug-likeness (QED) is 0.448. The first-order valence-electron chi connectivity index (χ1n) is 7.21. The van der Waals surface area contributed by atoms with Crippen molar-refractivity contribution in [3.63, 3.8) is 0 Å². The number of benzene rings is 2. The van der Waals surface area contributed by atoms with E-state index in [0.717, 1.165) is 24.2 Å². The maximum atomic E-state index is 12.0. The summed E-state index contributed by atoms with van der Waals surface area (Å²) in [5.41, 5.74) is 1.66. The highest BCUT2D eigenvalue weighted by Crippen LogP contribution is 2.19. The van der Waals surface area contributed by atoms with Gasteiger partial charge in [0, 0.05) is 0 Å². The van der Waals surface area contributed by atoms with Gasteiger partial charge in [0.1, 0.15) is 11.5 Å². The lowest BCUT2D eigenvalue weighted by molar-refractivity contribution is 0.0734. The van der Waals surface area contributed by atoms with Crippen LogP contribution >= 0.6 is 0 Å². The van der Waals surface area contributed by atoms with Crippen molar-refractivity contribution < 1.29 is 14.3 Å². The molecular formula is C18H20O3. The Morgan fingerprint density at radius 1 is 0.952 bits per heavy atom. The van der Waals surface area contributed by atoms with Crippen LogP contribution in [0.2, 0.25) is 0 Å². The van der Waals surface area contributed by atoms with Crippen LogP contribution in [-0.4, -0.2) is 12.6 Å². The number of rotatable bonds is 6. The molecule has 0 saturated carbocycles. The molecule has 2 aromatic rings. The minimum atomic E-state index is -0.352. The first-order valence-corrected chi connectivity index (χ1v) is 7.21. The molecule has 2 aromatic carbocycles. The second-order valence-corrected chi connectivity index (χ2v) is 4.93. The van der Waals surface area contributed by atoms with E-state index in [1.165, 1.54) is 0 Å². The van der Waals surface area contributed by atoms with Gasteiger partial charge in [-0.3, -0.25) is 0 Å². The molecular weight excluding hydrogens is 264 g/mol. The smallest absolute Gasteiger partial charge is 0.343 e. The van der Waals surface area contributed by atoms with Gasteiger partial charge in [-0.25, -0.2) is 4.79 Å². The average molecular weight is 284 g/mol. The molecule has 0 atom stereocenters. The van der Waals surface area contributed by atoms with Crippen molar-refractivity contribution in [2.75, 3.05) is 6.61 Å². The number of ether oxygens (including phenoxy) is 2. The van der Waals surface area contributed by atoms with Gasteiger partial charge in [0.05, 0.1) is 12.2 Å². The Labute approximate surface area is 125 Å². The van der Waals surface area contributed by atoms with Gasteiger partial charge >= 0.3 is 5.97 Å². The van der Waals surface area contributed by atoms with Crippen LogP contribution in [0.4, 0.5) is 0 Å². The van der Waals surface area contributed by atoms with E-state index in [-0.39, 0.29) is 5.97 Å². The van der Waals surface area contributed by atoms with Crippen LogP contribution in [0.3, 0.4) is 0 Å². The summed E-state index contributed by atoms with van der Waals surface area (Å²) in [5, 5.41) is 0. The van der Waals surface area contributed by atoms with Crippen molar-refractivity contribution in [3.05, 3.63) is 59.7 Å². The predicted molar refractivity (Wildman–Crippen MR) is 83.0 cm³/mol. The Hall–Kier alpha value is -2.29. The Kier molecular flexibility index (Phi) is 5.38. The second kappa shape index (κ2) is 7.48. The first kappa shape index (κ1) is 15.1. The van der Waals surface area contributed by atoms with Gasteiger partial charge in [0.15, 0.2) is 0 Å². The summed E-state index contributed by atoms with van der Waals surface area (Å²) >= 11 is 0. The van der Waals surface area contributed by atoms with Gasteiger partial charge in [0.2, 0.25) is 0 Å². The molecule has 0 aromatic heterocycles. The van der Waals surface area contributed by atoms with E-state index in [1.807, 2.05) is 31.2 Å². The van der Waals surface area contributed by atoms with Gasteiger partial charge in [-0.15, -0.1) is 0 Å². The predicted octanol–water partition coefficient (Wildman–Crippen LogP) is 4.39. The van der Waals surface area contributed by atoms with Crippen LogP contribution in [0.1, 0.15) is 35.7 Å². The molecule has 0 spiro atoms. The zero-order chi connectivity index (χ0) is 15.1. The van der Waals surface area contributed by atoms with Crippen molar-refractivity contribution in [2.45, 2.75) is 26.7 Å². The van der Waals surface area contributed by atoms with E-state index < -0.39 is 0 Å². The number of esters is 1. The molecule has 0 fully saturated rings.